The van der Waals surface area contributed by atoms with Crippen molar-refractivity contribution in [2.24, 2.45) is 5.92 Å². The molecule has 2 amide bonds. The highest BCUT2D eigenvalue weighted by molar-refractivity contribution is 5.99. The van der Waals surface area contributed by atoms with Crippen LogP contribution in [0.25, 0.3) is 0 Å². The van der Waals surface area contributed by atoms with Crippen molar-refractivity contribution in [1.29, 1.82) is 0 Å². The molecule has 2 rings (SSSR count). The van der Waals surface area contributed by atoms with Crippen LogP contribution in [0.4, 0.5) is 10.5 Å². The Bertz CT molecular complexity index is 530. The number of hydrogen-bond acceptors (Lipinski definition) is 2. The first-order valence-corrected chi connectivity index (χ1v) is 7.35. The molecular formula is C15H23N3O3. The Balaban J connectivity index is 2.02. The van der Waals surface area contributed by atoms with Gasteiger partial charge in [-0.3, -0.25) is 0 Å². The largest absolute Gasteiger partial charge is 0.477 e. The summed E-state index contributed by atoms with van der Waals surface area (Å²) in [5.41, 5.74) is 1.05. The summed E-state index contributed by atoms with van der Waals surface area (Å²) >= 11 is 0. The van der Waals surface area contributed by atoms with Gasteiger partial charge in [0.15, 0.2) is 0 Å². The maximum Gasteiger partial charge on any atom is 0.354 e. The van der Waals surface area contributed by atoms with E-state index in [-0.39, 0.29) is 17.8 Å². The molecule has 3 N–H and O–H groups in total. The molecule has 0 radical (unpaired) electrons. The van der Waals surface area contributed by atoms with Gasteiger partial charge in [-0.2, -0.15) is 0 Å². The minimum atomic E-state index is -1.08. The normalized spacial score (nSPS) is 21.9. The summed E-state index contributed by atoms with van der Waals surface area (Å²) in [5.74, 6) is -0.351. The molecule has 1 heterocycles. The van der Waals surface area contributed by atoms with Gasteiger partial charge < -0.3 is 20.3 Å². The average molecular weight is 293 g/mol. The summed E-state index contributed by atoms with van der Waals surface area (Å²) < 4.78 is 0. The summed E-state index contributed by atoms with van der Waals surface area (Å²) in [6, 6.07) is 1.61. The zero-order valence-electron chi connectivity index (χ0n) is 12.8. The Morgan fingerprint density at radius 2 is 1.95 bits per heavy atom. The Hall–Kier alpha value is -1.98. The fraction of sp³-hybridized carbons (Fsp3) is 0.600. The van der Waals surface area contributed by atoms with Crippen LogP contribution in [-0.2, 0) is 0 Å². The molecular weight excluding hydrogens is 270 g/mol. The van der Waals surface area contributed by atoms with Gasteiger partial charge >= 0.3 is 12.0 Å². The van der Waals surface area contributed by atoms with E-state index in [2.05, 4.69) is 17.2 Å². The van der Waals surface area contributed by atoms with E-state index in [1.807, 2.05) is 0 Å². The van der Waals surface area contributed by atoms with Gasteiger partial charge in [0, 0.05) is 18.8 Å². The maximum atomic E-state index is 12.3. The number of nitrogens with zero attached hydrogens (tertiary/aromatic N) is 1. The molecule has 0 aliphatic heterocycles. The topological polar surface area (TPSA) is 85.4 Å². The number of anilines is 1. The van der Waals surface area contributed by atoms with Crippen LogP contribution in [0, 0.1) is 12.8 Å². The van der Waals surface area contributed by atoms with E-state index in [0.29, 0.717) is 11.4 Å². The van der Waals surface area contributed by atoms with Crippen LogP contribution in [0.5, 0.6) is 0 Å². The van der Waals surface area contributed by atoms with Crippen molar-refractivity contribution >= 4 is 17.7 Å². The monoisotopic (exact) mass is 293 g/mol. The molecule has 21 heavy (non-hydrogen) atoms. The standard InChI is InChI=1S/C15H23N3O3/c1-9-4-6-11(7-5-9)18(3)15(21)17-12-8-10(2)16-13(12)14(19)20/h8-9,11,16H,4-7H2,1-3H3,(H,17,21)(H,19,20). The number of carbonyl (C=O) groups excluding carboxylic acids is 1. The Morgan fingerprint density at radius 1 is 1.33 bits per heavy atom. The van der Waals surface area contributed by atoms with Crippen molar-refractivity contribution in [2.75, 3.05) is 12.4 Å². The van der Waals surface area contributed by atoms with E-state index in [0.717, 1.165) is 31.6 Å². The van der Waals surface area contributed by atoms with Gasteiger partial charge in [-0.25, -0.2) is 9.59 Å². The van der Waals surface area contributed by atoms with Gasteiger partial charge in [0.2, 0.25) is 0 Å². The van der Waals surface area contributed by atoms with Crippen LogP contribution in [0.15, 0.2) is 6.07 Å². The number of H-pyrrole nitrogens is 1. The number of urea groups is 1. The number of aryl methyl sites for hydroxylation is 1. The van der Waals surface area contributed by atoms with E-state index < -0.39 is 5.97 Å². The van der Waals surface area contributed by atoms with Crippen molar-refractivity contribution < 1.29 is 14.7 Å². The van der Waals surface area contributed by atoms with Crippen molar-refractivity contribution in [3.05, 3.63) is 17.5 Å². The molecule has 0 spiro atoms. The third-order valence-corrected chi connectivity index (χ3v) is 4.26. The fourth-order valence-corrected chi connectivity index (χ4v) is 2.86. The summed E-state index contributed by atoms with van der Waals surface area (Å²) in [6.45, 7) is 3.99. The zero-order chi connectivity index (χ0) is 15.6. The molecule has 0 atom stereocenters. The number of rotatable bonds is 3. The molecule has 0 bridgehead atoms. The quantitative estimate of drug-likeness (QED) is 0.800. The van der Waals surface area contributed by atoms with Gasteiger partial charge in [0.05, 0.1) is 5.69 Å². The number of aromatic nitrogens is 1. The van der Waals surface area contributed by atoms with E-state index in [1.54, 1.807) is 24.9 Å². The van der Waals surface area contributed by atoms with Crippen molar-refractivity contribution in [1.82, 2.24) is 9.88 Å². The summed E-state index contributed by atoms with van der Waals surface area (Å²) in [5, 5.41) is 11.8. The summed E-state index contributed by atoms with van der Waals surface area (Å²) in [7, 11) is 1.77. The molecule has 6 nitrogen and oxygen atoms in total. The highest BCUT2D eigenvalue weighted by Gasteiger charge is 2.25. The number of hydrogen-bond donors (Lipinski definition) is 3. The predicted molar refractivity (Wildman–Crippen MR) is 80.7 cm³/mol. The van der Waals surface area contributed by atoms with Crippen molar-refractivity contribution in [3.8, 4) is 0 Å². The predicted octanol–water partition coefficient (Wildman–Crippen LogP) is 3.06. The molecule has 1 aromatic rings. The molecule has 1 fully saturated rings. The summed E-state index contributed by atoms with van der Waals surface area (Å²) in [6.07, 6.45) is 4.27. The molecule has 0 saturated heterocycles. The van der Waals surface area contributed by atoms with Gasteiger partial charge in [0.1, 0.15) is 5.69 Å². The number of aromatic amines is 1. The van der Waals surface area contributed by atoms with Gasteiger partial charge in [-0.15, -0.1) is 0 Å². The molecule has 1 saturated carbocycles. The Labute approximate surface area is 124 Å². The molecule has 116 valence electrons. The van der Waals surface area contributed by atoms with Crippen molar-refractivity contribution in [3.63, 3.8) is 0 Å². The minimum Gasteiger partial charge on any atom is -0.477 e. The minimum absolute atomic E-state index is 0.0199. The van der Waals surface area contributed by atoms with Crippen LogP contribution in [0.3, 0.4) is 0 Å². The number of nitrogens with one attached hydrogen (secondary N) is 2. The molecule has 1 aliphatic rings. The first kappa shape index (κ1) is 15.4. The Morgan fingerprint density at radius 3 is 2.52 bits per heavy atom. The fourth-order valence-electron chi connectivity index (χ4n) is 2.86. The lowest BCUT2D eigenvalue weighted by atomic mass is 9.87. The van der Waals surface area contributed by atoms with Gasteiger partial charge in [0.25, 0.3) is 0 Å². The van der Waals surface area contributed by atoms with E-state index in [1.165, 1.54) is 0 Å². The third kappa shape index (κ3) is 3.56. The smallest absolute Gasteiger partial charge is 0.354 e. The second kappa shape index (κ2) is 6.20. The lowest BCUT2D eigenvalue weighted by molar-refractivity contribution is 0.0692. The highest BCUT2D eigenvalue weighted by Crippen LogP contribution is 2.27. The molecule has 0 unspecified atom stereocenters. The van der Waals surface area contributed by atoms with E-state index in [4.69, 9.17) is 5.11 Å². The number of carboxylic acids is 1. The van der Waals surface area contributed by atoms with Crippen LogP contribution < -0.4 is 5.32 Å². The number of carboxylic acid groups (broad SMARTS) is 1. The van der Waals surface area contributed by atoms with E-state index >= 15 is 0 Å². The van der Waals surface area contributed by atoms with Crippen LogP contribution >= 0.6 is 0 Å². The molecule has 1 aromatic heterocycles. The van der Waals surface area contributed by atoms with Crippen molar-refractivity contribution in [2.45, 2.75) is 45.6 Å². The number of carbonyl (C=O) groups is 2. The first-order chi connectivity index (χ1) is 9.88. The lowest BCUT2D eigenvalue weighted by Crippen LogP contribution is -2.41. The third-order valence-electron chi connectivity index (χ3n) is 4.26. The van der Waals surface area contributed by atoms with Crippen LogP contribution in [-0.4, -0.2) is 40.1 Å². The second-order valence-electron chi connectivity index (χ2n) is 6.00. The van der Waals surface area contributed by atoms with Gasteiger partial charge in [-0.1, -0.05) is 6.92 Å². The zero-order valence-corrected chi connectivity index (χ0v) is 12.8. The number of amides is 2. The lowest BCUT2D eigenvalue weighted by Gasteiger charge is -2.33. The molecule has 0 aromatic carbocycles. The second-order valence-corrected chi connectivity index (χ2v) is 6.00. The average Bonchev–Trinajstić information content (AvgIpc) is 2.80. The summed E-state index contributed by atoms with van der Waals surface area (Å²) in [4.78, 5) is 27.8. The maximum absolute atomic E-state index is 12.3. The Kier molecular flexibility index (Phi) is 4.55. The van der Waals surface area contributed by atoms with Gasteiger partial charge in [-0.05, 0) is 44.6 Å². The first-order valence-electron chi connectivity index (χ1n) is 7.35. The van der Waals surface area contributed by atoms with Crippen LogP contribution in [0.2, 0.25) is 0 Å². The molecule has 6 heteroatoms. The highest BCUT2D eigenvalue weighted by atomic mass is 16.4. The SMILES string of the molecule is Cc1cc(NC(=O)N(C)C2CCC(C)CC2)c(C(=O)O)[nH]1. The number of aromatic carboxylic acids is 1. The van der Waals surface area contributed by atoms with E-state index in [9.17, 15) is 9.59 Å². The van der Waals surface area contributed by atoms with Crippen LogP contribution in [0.1, 0.15) is 48.8 Å². The molecule has 1 aliphatic carbocycles.